The molecule has 2 heterocycles. The summed E-state index contributed by atoms with van der Waals surface area (Å²) in [4.78, 5) is 14.6. The molecule has 1 unspecified atom stereocenters. The highest BCUT2D eigenvalue weighted by Gasteiger charge is 2.54. The summed E-state index contributed by atoms with van der Waals surface area (Å²) in [7, 11) is 0. The van der Waals surface area contributed by atoms with E-state index in [1.807, 2.05) is 55.1 Å². The van der Waals surface area contributed by atoms with Gasteiger partial charge in [-0.05, 0) is 38.1 Å². The normalized spacial score (nSPS) is 23.2. The Bertz CT molecular complexity index is 974. The lowest BCUT2D eigenvalue weighted by molar-refractivity contribution is -0.133. The molecule has 1 amide bonds. The van der Waals surface area contributed by atoms with Crippen molar-refractivity contribution in [1.29, 1.82) is 5.26 Å². The molecule has 2 aromatic rings. The number of rotatable bonds is 1. The molecule has 0 aromatic heterocycles. The fourth-order valence-electron chi connectivity index (χ4n) is 3.71. The molecule has 1 N–H and O–H groups in total. The summed E-state index contributed by atoms with van der Waals surface area (Å²) in [5, 5.41) is 12.1. The predicted molar refractivity (Wildman–Crippen MR) is 97.6 cm³/mol. The molecule has 0 spiro atoms. The topological polar surface area (TPSA) is 56.1 Å². The predicted octanol–water partition coefficient (Wildman–Crippen LogP) is 3.70. The number of hydrogen-bond donors (Lipinski definition) is 1. The van der Waals surface area contributed by atoms with Crippen molar-refractivity contribution in [2.75, 3.05) is 11.4 Å². The first kappa shape index (κ1) is 16.3. The van der Waals surface area contributed by atoms with Gasteiger partial charge in [0.15, 0.2) is 11.5 Å². The number of carbonyl (C=O) groups is 1. The Morgan fingerprint density at radius 2 is 1.92 bits per heavy atom. The van der Waals surface area contributed by atoms with Gasteiger partial charge in [-0.1, -0.05) is 30.3 Å². The Kier molecular flexibility index (Phi) is 3.42. The van der Waals surface area contributed by atoms with Crippen molar-refractivity contribution in [2.24, 2.45) is 5.41 Å². The average Bonchev–Trinajstić information content (AvgIpc) is 2.63. The number of fused-ring (bicyclic) bond motifs is 3. The van der Waals surface area contributed by atoms with E-state index in [4.69, 9.17) is 5.26 Å². The van der Waals surface area contributed by atoms with Crippen molar-refractivity contribution in [3.8, 4) is 6.07 Å². The first-order valence-corrected chi connectivity index (χ1v) is 8.46. The van der Waals surface area contributed by atoms with Crippen molar-refractivity contribution in [3.05, 3.63) is 71.0 Å². The summed E-state index contributed by atoms with van der Waals surface area (Å²) in [6.07, 6.45) is 1.41. The van der Waals surface area contributed by atoms with Crippen LogP contribution in [0.1, 0.15) is 30.5 Å². The van der Waals surface area contributed by atoms with Crippen LogP contribution >= 0.6 is 0 Å². The molecule has 0 bridgehead atoms. The number of anilines is 1. The lowest BCUT2D eigenvalue weighted by Crippen LogP contribution is -2.69. The van der Waals surface area contributed by atoms with Gasteiger partial charge in [0, 0.05) is 23.4 Å². The number of benzene rings is 2. The fourth-order valence-corrected chi connectivity index (χ4v) is 3.71. The number of hydrogen-bond acceptors (Lipinski definition) is 3. The molecule has 4 rings (SSSR count). The Morgan fingerprint density at radius 1 is 1.19 bits per heavy atom. The number of nitriles is 1. The smallest absolute Gasteiger partial charge is 0.229 e. The first-order valence-electron chi connectivity index (χ1n) is 8.46. The van der Waals surface area contributed by atoms with Crippen LogP contribution in [0.15, 0.2) is 54.4 Å². The van der Waals surface area contributed by atoms with Crippen LogP contribution in [0.2, 0.25) is 0 Å². The van der Waals surface area contributed by atoms with E-state index < -0.39 is 16.9 Å². The monoisotopic (exact) mass is 347 g/mol. The van der Waals surface area contributed by atoms with E-state index >= 15 is 4.39 Å². The molecular weight excluding hydrogens is 329 g/mol. The van der Waals surface area contributed by atoms with Crippen molar-refractivity contribution in [1.82, 2.24) is 5.32 Å². The highest BCUT2D eigenvalue weighted by Crippen LogP contribution is 2.48. The lowest BCUT2D eigenvalue weighted by atomic mass is 9.80. The number of nitrogens with zero attached hydrogens (tertiary/aromatic N) is 2. The minimum atomic E-state index is -1.37. The molecule has 1 atom stereocenters. The fraction of sp³-hybridized carbons (Fsp3) is 0.238. The third kappa shape index (κ3) is 2.15. The van der Waals surface area contributed by atoms with E-state index in [2.05, 4.69) is 11.4 Å². The second kappa shape index (κ2) is 5.43. The SMILES string of the molecule is CC1(C)CN2c3ccc(C#N)cc3C=C(F)C2(c2ccccc2)NC1=O. The average molecular weight is 347 g/mol. The lowest BCUT2D eigenvalue weighted by Gasteiger charge is -2.54. The van der Waals surface area contributed by atoms with Crippen LogP contribution in [0.3, 0.4) is 0 Å². The summed E-state index contributed by atoms with van der Waals surface area (Å²) < 4.78 is 15.5. The molecular formula is C21H18FN3O. The first-order chi connectivity index (χ1) is 12.4. The Balaban J connectivity index is 1.99. The minimum Gasteiger partial charge on any atom is -0.338 e. The molecule has 130 valence electrons. The van der Waals surface area contributed by atoms with Crippen LogP contribution in [0.4, 0.5) is 10.1 Å². The number of carbonyl (C=O) groups excluding carboxylic acids is 1. The van der Waals surface area contributed by atoms with Crippen LogP contribution in [-0.2, 0) is 10.5 Å². The third-order valence-electron chi connectivity index (χ3n) is 5.13. The van der Waals surface area contributed by atoms with Gasteiger partial charge in [-0.2, -0.15) is 5.26 Å². The molecule has 5 heteroatoms. The molecule has 2 aliphatic heterocycles. The van der Waals surface area contributed by atoms with E-state index in [1.165, 1.54) is 6.08 Å². The molecule has 26 heavy (non-hydrogen) atoms. The van der Waals surface area contributed by atoms with Gasteiger partial charge in [0.25, 0.3) is 0 Å². The number of nitrogens with one attached hydrogen (secondary N) is 1. The summed E-state index contributed by atoms with van der Waals surface area (Å²) in [5.74, 6) is -0.659. The van der Waals surface area contributed by atoms with Crippen LogP contribution < -0.4 is 10.2 Å². The van der Waals surface area contributed by atoms with Crippen molar-refractivity contribution < 1.29 is 9.18 Å². The van der Waals surface area contributed by atoms with Gasteiger partial charge >= 0.3 is 0 Å². The zero-order chi connectivity index (χ0) is 18.5. The number of halogens is 1. The van der Waals surface area contributed by atoms with E-state index in [9.17, 15) is 4.79 Å². The highest BCUT2D eigenvalue weighted by atomic mass is 19.1. The maximum absolute atomic E-state index is 15.5. The second-order valence-corrected chi connectivity index (χ2v) is 7.38. The Labute approximate surface area is 151 Å². The largest absolute Gasteiger partial charge is 0.338 e. The Hall–Kier alpha value is -3.13. The molecule has 1 fully saturated rings. The van der Waals surface area contributed by atoms with Gasteiger partial charge in [0.05, 0.1) is 17.0 Å². The van der Waals surface area contributed by atoms with Gasteiger partial charge in [0.1, 0.15) is 0 Å². The maximum atomic E-state index is 15.5. The van der Waals surface area contributed by atoms with Crippen molar-refractivity contribution >= 4 is 17.7 Å². The van der Waals surface area contributed by atoms with Crippen molar-refractivity contribution in [3.63, 3.8) is 0 Å². The molecule has 4 nitrogen and oxygen atoms in total. The Morgan fingerprint density at radius 3 is 2.62 bits per heavy atom. The summed E-state index contributed by atoms with van der Waals surface area (Å²) >= 11 is 0. The highest BCUT2D eigenvalue weighted by molar-refractivity contribution is 5.89. The molecule has 2 aromatic carbocycles. The summed E-state index contributed by atoms with van der Waals surface area (Å²) in [6.45, 7) is 4.04. The quantitative estimate of drug-likeness (QED) is 0.856. The summed E-state index contributed by atoms with van der Waals surface area (Å²) in [6, 6.07) is 16.4. The number of amides is 1. The van der Waals surface area contributed by atoms with Gasteiger partial charge in [0.2, 0.25) is 5.91 Å². The molecule has 0 aliphatic carbocycles. The molecule has 2 aliphatic rings. The molecule has 0 saturated carbocycles. The zero-order valence-corrected chi connectivity index (χ0v) is 14.6. The maximum Gasteiger partial charge on any atom is 0.229 e. The van der Waals surface area contributed by atoms with Gasteiger partial charge < -0.3 is 10.2 Å². The summed E-state index contributed by atoms with van der Waals surface area (Å²) in [5.41, 5.74) is 0.520. The van der Waals surface area contributed by atoms with Crippen molar-refractivity contribution in [2.45, 2.75) is 19.5 Å². The van der Waals surface area contributed by atoms with Gasteiger partial charge in [-0.25, -0.2) is 4.39 Å². The minimum absolute atomic E-state index is 0.196. The van der Waals surface area contributed by atoms with Crippen LogP contribution in [0.25, 0.3) is 6.08 Å². The van der Waals surface area contributed by atoms with Crippen LogP contribution in [0.5, 0.6) is 0 Å². The molecule has 0 radical (unpaired) electrons. The van der Waals surface area contributed by atoms with Gasteiger partial charge in [-0.3, -0.25) is 4.79 Å². The molecule has 1 saturated heterocycles. The second-order valence-electron chi connectivity index (χ2n) is 7.38. The third-order valence-corrected chi connectivity index (χ3v) is 5.13. The van der Waals surface area contributed by atoms with E-state index in [-0.39, 0.29) is 5.91 Å². The van der Waals surface area contributed by atoms with Crippen LogP contribution in [-0.4, -0.2) is 12.5 Å². The van der Waals surface area contributed by atoms with E-state index in [0.29, 0.717) is 23.2 Å². The van der Waals surface area contributed by atoms with E-state index in [1.54, 1.807) is 12.1 Å². The zero-order valence-electron chi connectivity index (χ0n) is 14.6. The van der Waals surface area contributed by atoms with Crippen LogP contribution in [0, 0.1) is 16.7 Å². The van der Waals surface area contributed by atoms with E-state index in [0.717, 1.165) is 5.69 Å². The standard InChI is InChI=1S/C21H18FN3O/c1-20(2)13-25-17-9-8-14(12-23)10-15(17)11-18(22)21(25,24-19(20)26)16-6-4-3-5-7-16/h3-11H,13H2,1-2H3,(H,24,26). The van der Waals surface area contributed by atoms with Gasteiger partial charge in [-0.15, -0.1) is 0 Å².